The summed E-state index contributed by atoms with van der Waals surface area (Å²) in [6.45, 7) is 2.62. The Kier molecular flexibility index (Phi) is 5.23. The van der Waals surface area contributed by atoms with Crippen LogP contribution in [-0.2, 0) is 19.5 Å². The molecule has 1 aromatic heterocycles. The van der Waals surface area contributed by atoms with Crippen molar-refractivity contribution in [3.8, 4) is 5.75 Å². The number of nitrogens with one attached hydrogen (secondary N) is 1. The van der Waals surface area contributed by atoms with Crippen LogP contribution in [0.25, 0.3) is 0 Å². The number of methoxy groups -OCH3 is 1. The molecule has 2 aromatic carbocycles. The van der Waals surface area contributed by atoms with Gasteiger partial charge in [0.25, 0.3) is 0 Å². The van der Waals surface area contributed by atoms with Gasteiger partial charge in [-0.15, -0.1) is 0 Å². The molecule has 0 bridgehead atoms. The van der Waals surface area contributed by atoms with Gasteiger partial charge in [-0.1, -0.05) is 35.9 Å². The van der Waals surface area contributed by atoms with Crippen LogP contribution in [0, 0.1) is 0 Å². The number of benzene rings is 2. The van der Waals surface area contributed by atoms with Crippen molar-refractivity contribution in [1.82, 2.24) is 14.9 Å². The fourth-order valence-corrected chi connectivity index (χ4v) is 3.46. The van der Waals surface area contributed by atoms with Crippen LogP contribution in [0.3, 0.4) is 0 Å². The standard InChI is InChI=1S/C21H21ClN4O/c1-27-18-7-4-6-17(11-18)24-21-23-12-16-14-26(10-9-20(16)25-21)13-15-5-2-3-8-19(15)22/h2-8,11-12H,9-10,13-14H2,1H3,(H,23,24,25). The maximum Gasteiger partial charge on any atom is 0.227 e. The molecule has 4 rings (SSSR count). The number of nitrogens with zero attached hydrogens (tertiary/aromatic N) is 3. The maximum absolute atomic E-state index is 6.29. The molecule has 2 heterocycles. The molecular weight excluding hydrogens is 360 g/mol. The van der Waals surface area contributed by atoms with E-state index >= 15 is 0 Å². The summed E-state index contributed by atoms with van der Waals surface area (Å²) in [5.41, 5.74) is 4.33. The number of rotatable bonds is 5. The largest absolute Gasteiger partial charge is 0.497 e. The van der Waals surface area contributed by atoms with Gasteiger partial charge in [0.2, 0.25) is 5.95 Å². The molecule has 5 nitrogen and oxygen atoms in total. The third-order valence-electron chi connectivity index (χ3n) is 4.69. The van der Waals surface area contributed by atoms with Crippen molar-refractivity contribution in [3.05, 3.63) is 76.6 Å². The Labute approximate surface area is 164 Å². The van der Waals surface area contributed by atoms with Gasteiger partial charge in [0, 0.05) is 54.6 Å². The van der Waals surface area contributed by atoms with Gasteiger partial charge in [-0.2, -0.15) is 0 Å². The van der Waals surface area contributed by atoms with Gasteiger partial charge >= 0.3 is 0 Å². The highest BCUT2D eigenvalue weighted by atomic mass is 35.5. The van der Waals surface area contributed by atoms with Crippen LogP contribution in [0.1, 0.15) is 16.8 Å². The van der Waals surface area contributed by atoms with Crippen LogP contribution in [0.4, 0.5) is 11.6 Å². The number of fused-ring (bicyclic) bond motifs is 1. The molecule has 0 atom stereocenters. The number of hydrogen-bond acceptors (Lipinski definition) is 5. The van der Waals surface area contributed by atoms with E-state index in [4.69, 9.17) is 21.3 Å². The number of halogens is 1. The number of ether oxygens (including phenoxy) is 1. The molecule has 138 valence electrons. The number of aromatic nitrogens is 2. The third-order valence-corrected chi connectivity index (χ3v) is 5.06. The zero-order valence-corrected chi connectivity index (χ0v) is 15.9. The first kappa shape index (κ1) is 17.8. The smallest absolute Gasteiger partial charge is 0.227 e. The molecule has 0 radical (unpaired) electrons. The average Bonchev–Trinajstić information content (AvgIpc) is 2.70. The van der Waals surface area contributed by atoms with Gasteiger partial charge in [0.1, 0.15) is 5.75 Å². The first-order valence-corrected chi connectivity index (χ1v) is 9.31. The highest BCUT2D eigenvalue weighted by Gasteiger charge is 2.19. The molecule has 0 saturated carbocycles. The van der Waals surface area contributed by atoms with Crippen molar-refractivity contribution < 1.29 is 4.74 Å². The Hall–Kier alpha value is -2.63. The van der Waals surface area contributed by atoms with Crippen molar-refractivity contribution >= 4 is 23.2 Å². The Bertz CT molecular complexity index is 947. The molecular formula is C21H21ClN4O. The molecule has 0 fully saturated rings. The van der Waals surface area contributed by atoms with E-state index in [0.29, 0.717) is 5.95 Å². The highest BCUT2D eigenvalue weighted by Crippen LogP contribution is 2.24. The van der Waals surface area contributed by atoms with Crippen molar-refractivity contribution in [2.75, 3.05) is 19.0 Å². The molecule has 0 amide bonds. The Morgan fingerprint density at radius 3 is 2.93 bits per heavy atom. The summed E-state index contributed by atoms with van der Waals surface area (Å²) in [6, 6.07) is 15.7. The minimum Gasteiger partial charge on any atom is -0.497 e. The van der Waals surface area contributed by atoms with E-state index in [2.05, 4.69) is 21.3 Å². The van der Waals surface area contributed by atoms with Crippen molar-refractivity contribution in [2.24, 2.45) is 0 Å². The quantitative estimate of drug-likeness (QED) is 0.709. The summed E-state index contributed by atoms with van der Waals surface area (Å²) in [7, 11) is 1.66. The first-order valence-electron chi connectivity index (χ1n) is 8.93. The van der Waals surface area contributed by atoms with E-state index in [1.54, 1.807) is 7.11 Å². The topological polar surface area (TPSA) is 50.3 Å². The Balaban J connectivity index is 1.45. The van der Waals surface area contributed by atoms with Crippen LogP contribution in [0.2, 0.25) is 5.02 Å². The molecule has 0 unspecified atom stereocenters. The molecule has 27 heavy (non-hydrogen) atoms. The van der Waals surface area contributed by atoms with E-state index in [0.717, 1.165) is 53.8 Å². The molecule has 6 heteroatoms. The van der Waals surface area contributed by atoms with Gasteiger partial charge < -0.3 is 10.1 Å². The molecule has 1 N–H and O–H groups in total. The molecule has 0 spiro atoms. The fraction of sp³-hybridized carbons (Fsp3) is 0.238. The fourth-order valence-electron chi connectivity index (χ4n) is 3.27. The molecule has 1 aliphatic rings. The maximum atomic E-state index is 6.29. The summed E-state index contributed by atoms with van der Waals surface area (Å²) < 4.78 is 5.26. The van der Waals surface area contributed by atoms with Crippen molar-refractivity contribution in [2.45, 2.75) is 19.5 Å². The van der Waals surface area contributed by atoms with Crippen molar-refractivity contribution in [1.29, 1.82) is 0 Å². The molecule has 3 aromatic rings. The van der Waals surface area contributed by atoms with Gasteiger partial charge in [-0.05, 0) is 23.8 Å². The predicted molar refractivity (Wildman–Crippen MR) is 108 cm³/mol. The van der Waals surface area contributed by atoms with Crippen LogP contribution >= 0.6 is 11.6 Å². The van der Waals surface area contributed by atoms with Gasteiger partial charge in [-0.3, -0.25) is 4.90 Å². The van der Waals surface area contributed by atoms with Gasteiger partial charge in [0.05, 0.1) is 12.8 Å². The lowest BCUT2D eigenvalue weighted by Crippen LogP contribution is -2.31. The van der Waals surface area contributed by atoms with Crippen LogP contribution in [-0.4, -0.2) is 28.5 Å². The number of hydrogen-bond donors (Lipinski definition) is 1. The van der Waals surface area contributed by atoms with Gasteiger partial charge in [-0.25, -0.2) is 9.97 Å². The number of anilines is 2. The SMILES string of the molecule is COc1cccc(Nc2ncc3c(n2)CCN(Cc2ccccc2Cl)C3)c1. The van der Waals surface area contributed by atoms with Gasteiger partial charge in [0.15, 0.2) is 0 Å². The summed E-state index contributed by atoms with van der Waals surface area (Å²) in [5.74, 6) is 1.41. The third kappa shape index (κ3) is 4.21. The molecule has 1 aliphatic heterocycles. The summed E-state index contributed by atoms with van der Waals surface area (Å²) >= 11 is 6.29. The zero-order valence-electron chi connectivity index (χ0n) is 15.2. The van der Waals surface area contributed by atoms with Crippen LogP contribution < -0.4 is 10.1 Å². The first-order chi connectivity index (χ1) is 13.2. The van der Waals surface area contributed by atoms with E-state index in [1.807, 2.05) is 48.7 Å². The van der Waals surface area contributed by atoms with E-state index < -0.39 is 0 Å². The second kappa shape index (κ2) is 7.94. The summed E-state index contributed by atoms with van der Waals surface area (Å²) in [4.78, 5) is 11.6. The Morgan fingerprint density at radius 2 is 2.07 bits per heavy atom. The molecule has 0 aliphatic carbocycles. The molecule has 0 saturated heterocycles. The van der Waals surface area contributed by atoms with Crippen molar-refractivity contribution in [3.63, 3.8) is 0 Å². The predicted octanol–water partition coefficient (Wildman–Crippen LogP) is 4.44. The van der Waals surface area contributed by atoms with E-state index in [9.17, 15) is 0 Å². The summed E-state index contributed by atoms with van der Waals surface area (Å²) in [5, 5.41) is 4.07. The normalized spacial score (nSPS) is 13.9. The minimum absolute atomic E-state index is 0.613. The second-order valence-corrected chi connectivity index (χ2v) is 6.98. The Morgan fingerprint density at radius 1 is 1.19 bits per heavy atom. The highest BCUT2D eigenvalue weighted by molar-refractivity contribution is 6.31. The van der Waals surface area contributed by atoms with Crippen LogP contribution in [0.15, 0.2) is 54.7 Å². The average molecular weight is 381 g/mol. The monoisotopic (exact) mass is 380 g/mol. The summed E-state index contributed by atoms with van der Waals surface area (Å²) in [6.07, 6.45) is 2.82. The van der Waals surface area contributed by atoms with E-state index in [-0.39, 0.29) is 0 Å². The lowest BCUT2D eigenvalue weighted by molar-refractivity contribution is 0.243. The minimum atomic E-state index is 0.613. The van der Waals surface area contributed by atoms with E-state index in [1.165, 1.54) is 5.56 Å². The zero-order chi connectivity index (χ0) is 18.6. The second-order valence-electron chi connectivity index (χ2n) is 6.57. The lowest BCUT2D eigenvalue weighted by Gasteiger charge is -2.28. The lowest BCUT2D eigenvalue weighted by atomic mass is 10.1. The van der Waals surface area contributed by atoms with Crippen LogP contribution in [0.5, 0.6) is 5.75 Å².